The maximum absolute atomic E-state index is 14.0. The summed E-state index contributed by atoms with van der Waals surface area (Å²) >= 11 is 3.43. The van der Waals surface area contributed by atoms with Gasteiger partial charge in [0.25, 0.3) is 10.0 Å². The number of hydrogen-bond donors (Lipinski definition) is 1. The zero-order valence-electron chi connectivity index (χ0n) is 23.9. The zero-order chi connectivity index (χ0) is 29.6. The largest absolute Gasteiger partial charge is 0.354 e. The Hall–Kier alpha value is -3.17. The van der Waals surface area contributed by atoms with E-state index in [0.717, 1.165) is 31.0 Å². The number of nitrogens with one attached hydrogen (secondary N) is 1. The first-order chi connectivity index (χ1) is 18.8. The molecule has 0 aromatic heterocycles. The number of amides is 2. The molecule has 3 aromatic rings. The molecule has 3 rings (SSSR count). The molecule has 0 bridgehead atoms. The van der Waals surface area contributed by atoms with Crippen molar-refractivity contribution < 1.29 is 18.0 Å². The number of nitrogens with zero attached hydrogens (tertiary/aromatic N) is 2. The smallest absolute Gasteiger partial charge is 0.264 e. The molecule has 0 heterocycles. The third-order valence-electron chi connectivity index (χ3n) is 6.64. The van der Waals surface area contributed by atoms with Gasteiger partial charge >= 0.3 is 0 Å². The highest BCUT2D eigenvalue weighted by atomic mass is 79.9. The molecule has 9 heteroatoms. The van der Waals surface area contributed by atoms with Crippen LogP contribution >= 0.6 is 15.9 Å². The molecule has 7 nitrogen and oxygen atoms in total. The standard InChI is InChI=1S/C31H38BrN3O4S/c1-21(2)18-33-31(37)25(6)34(19-26-11-13-27(32)14-12-26)30(36)20-35(29-17-23(4)7-10-24(29)5)40(38,39)28-15-8-22(3)9-16-28/h7-17,21,25H,18-20H2,1-6H3,(H,33,37). The van der Waals surface area contributed by atoms with Gasteiger partial charge in [0, 0.05) is 17.6 Å². The van der Waals surface area contributed by atoms with E-state index in [1.807, 2.05) is 71.0 Å². The van der Waals surface area contributed by atoms with Gasteiger partial charge in [0.05, 0.1) is 10.6 Å². The lowest BCUT2D eigenvalue weighted by Gasteiger charge is -2.32. The second kappa shape index (κ2) is 13.5. The number of rotatable bonds is 11. The van der Waals surface area contributed by atoms with E-state index in [1.165, 1.54) is 4.90 Å². The monoisotopic (exact) mass is 627 g/mol. The molecule has 1 N–H and O–H groups in total. The molecule has 2 amide bonds. The van der Waals surface area contributed by atoms with E-state index < -0.39 is 28.5 Å². The molecule has 0 aliphatic rings. The first kappa shape index (κ1) is 31.4. The fourth-order valence-electron chi connectivity index (χ4n) is 4.16. The minimum Gasteiger partial charge on any atom is -0.354 e. The molecule has 1 unspecified atom stereocenters. The molecule has 0 spiro atoms. The Morgan fingerprint density at radius 3 is 2.08 bits per heavy atom. The summed E-state index contributed by atoms with van der Waals surface area (Å²) in [4.78, 5) is 28.7. The van der Waals surface area contributed by atoms with Gasteiger partial charge in [-0.2, -0.15) is 0 Å². The van der Waals surface area contributed by atoms with Gasteiger partial charge in [0.15, 0.2) is 0 Å². The third-order valence-corrected chi connectivity index (χ3v) is 8.94. The molecule has 0 aliphatic carbocycles. The highest BCUT2D eigenvalue weighted by molar-refractivity contribution is 9.10. The van der Waals surface area contributed by atoms with E-state index >= 15 is 0 Å². The van der Waals surface area contributed by atoms with E-state index in [1.54, 1.807) is 37.3 Å². The van der Waals surface area contributed by atoms with Crippen LogP contribution in [0.25, 0.3) is 0 Å². The molecule has 3 aromatic carbocycles. The summed E-state index contributed by atoms with van der Waals surface area (Å²) in [7, 11) is -4.11. The Morgan fingerprint density at radius 1 is 0.875 bits per heavy atom. The fourth-order valence-corrected chi connectivity index (χ4v) is 5.90. The van der Waals surface area contributed by atoms with Gasteiger partial charge in [-0.3, -0.25) is 13.9 Å². The van der Waals surface area contributed by atoms with Crippen molar-refractivity contribution in [2.45, 2.75) is 59.0 Å². The molecular formula is C31H38BrN3O4S. The molecule has 0 fully saturated rings. The number of benzene rings is 3. The van der Waals surface area contributed by atoms with E-state index in [9.17, 15) is 18.0 Å². The van der Waals surface area contributed by atoms with Gasteiger partial charge in [-0.1, -0.05) is 71.7 Å². The van der Waals surface area contributed by atoms with Gasteiger partial charge in [0.2, 0.25) is 11.8 Å². The molecule has 0 saturated heterocycles. The number of sulfonamides is 1. The van der Waals surface area contributed by atoms with Crippen LogP contribution in [0.15, 0.2) is 76.1 Å². The first-order valence-electron chi connectivity index (χ1n) is 13.3. The summed E-state index contributed by atoms with van der Waals surface area (Å²) in [6.07, 6.45) is 0. The molecule has 0 radical (unpaired) electrons. The predicted molar refractivity (Wildman–Crippen MR) is 164 cm³/mol. The van der Waals surface area contributed by atoms with Crippen LogP contribution in [0.5, 0.6) is 0 Å². The topological polar surface area (TPSA) is 86.8 Å². The normalized spacial score (nSPS) is 12.2. The Balaban J connectivity index is 2.05. The summed E-state index contributed by atoms with van der Waals surface area (Å²) in [6, 6.07) is 18.7. The Labute approximate surface area is 246 Å². The summed E-state index contributed by atoms with van der Waals surface area (Å²) in [6.45, 7) is 11.4. The highest BCUT2D eigenvalue weighted by Crippen LogP contribution is 2.29. The van der Waals surface area contributed by atoms with Gasteiger partial charge < -0.3 is 10.2 Å². The lowest BCUT2D eigenvalue weighted by molar-refractivity contribution is -0.139. The van der Waals surface area contributed by atoms with Crippen LogP contribution in [-0.4, -0.2) is 44.3 Å². The summed E-state index contributed by atoms with van der Waals surface area (Å²) < 4.78 is 30.1. The maximum atomic E-state index is 14.0. The van der Waals surface area contributed by atoms with Crippen molar-refractivity contribution in [2.75, 3.05) is 17.4 Å². The Morgan fingerprint density at radius 2 is 1.48 bits per heavy atom. The Bertz CT molecular complexity index is 1440. The van der Waals surface area contributed by atoms with E-state index in [0.29, 0.717) is 12.2 Å². The van der Waals surface area contributed by atoms with Crippen LogP contribution in [-0.2, 0) is 26.2 Å². The van der Waals surface area contributed by atoms with Crippen LogP contribution < -0.4 is 9.62 Å². The Kier molecular flexibility index (Phi) is 10.6. The number of halogens is 1. The summed E-state index contributed by atoms with van der Waals surface area (Å²) in [5.74, 6) is -0.531. The quantitative estimate of drug-likeness (QED) is 0.293. The van der Waals surface area contributed by atoms with Crippen LogP contribution in [0, 0.1) is 26.7 Å². The van der Waals surface area contributed by atoms with Crippen molar-refractivity contribution >= 4 is 43.5 Å². The molecule has 214 valence electrons. The van der Waals surface area contributed by atoms with Crippen molar-refractivity contribution in [3.63, 3.8) is 0 Å². The maximum Gasteiger partial charge on any atom is 0.264 e. The summed E-state index contributed by atoms with van der Waals surface area (Å²) in [5, 5.41) is 2.90. The minimum absolute atomic E-state index is 0.0917. The molecule has 0 aliphatic heterocycles. The number of aryl methyl sites for hydroxylation is 3. The van der Waals surface area contributed by atoms with Gasteiger partial charge in [-0.25, -0.2) is 8.42 Å². The first-order valence-corrected chi connectivity index (χ1v) is 15.5. The van der Waals surface area contributed by atoms with Crippen LogP contribution in [0.1, 0.15) is 43.0 Å². The van der Waals surface area contributed by atoms with E-state index in [4.69, 9.17) is 0 Å². The summed E-state index contributed by atoms with van der Waals surface area (Å²) in [5.41, 5.74) is 3.76. The fraction of sp³-hybridized carbons (Fsp3) is 0.355. The average Bonchev–Trinajstić information content (AvgIpc) is 2.91. The van der Waals surface area contributed by atoms with Crippen molar-refractivity contribution in [2.24, 2.45) is 5.92 Å². The third kappa shape index (κ3) is 7.95. The van der Waals surface area contributed by atoms with Gasteiger partial charge in [-0.05, 0) is 80.6 Å². The number of anilines is 1. The lowest BCUT2D eigenvalue weighted by Crippen LogP contribution is -2.51. The van der Waals surface area contributed by atoms with Crippen molar-refractivity contribution in [1.82, 2.24) is 10.2 Å². The molecule has 0 saturated carbocycles. The van der Waals surface area contributed by atoms with Crippen molar-refractivity contribution in [1.29, 1.82) is 0 Å². The minimum atomic E-state index is -4.11. The molecule has 40 heavy (non-hydrogen) atoms. The zero-order valence-corrected chi connectivity index (χ0v) is 26.3. The number of hydrogen-bond acceptors (Lipinski definition) is 4. The molecule has 1 atom stereocenters. The van der Waals surface area contributed by atoms with Crippen molar-refractivity contribution in [3.05, 3.63) is 93.5 Å². The number of carbonyl (C=O) groups is 2. The number of carbonyl (C=O) groups excluding carboxylic acids is 2. The predicted octanol–water partition coefficient (Wildman–Crippen LogP) is 5.76. The van der Waals surface area contributed by atoms with Crippen LogP contribution in [0.4, 0.5) is 5.69 Å². The average molecular weight is 629 g/mol. The molecular weight excluding hydrogens is 590 g/mol. The van der Waals surface area contributed by atoms with Crippen molar-refractivity contribution in [3.8, 4) is 0 Å². The lowest BCUT2D eigenvalue weighted by atomic mass is 10.1. The SMILES string of the molecule is Cc1ccc(S(=O)(=O)N(CC(=O)N(Cc2ccc(Br)cc2)C(C)C(=O)NCC(C)C)c2cc(C)ccc2C)cc1. The van der Waals surface area contributed by atoms with E-state index in [-0.39, 0.29) is 23.3 Å². The van der Waals surface area contributed by atoms with E-state index in [2.05, 4.69) is 21.2 Å². The van der Waals surface area contributed by atoms with Gasteiger partial charge in [0.1, 0.15) is 12.6 Å². The van der Waals surface area contributed by atoms with Crippen LogP contribution in [0.3, 0.4) is 0 Å². The highest BCUT2D eigenvalue weighted by Gasteiger charge is 2.33. The van der Waals surface area contributed by atoms with Crippen LogP contribution in [0.2, 0.25) is 0 Å². The van der Waals surface area contributed by atoms with Gasteiger partial charge in [-0.15, -0.1) is 0 Å². The second-order valence-electron chi connectivity index (χ2n) is 10.6. The second-order valence-corrected chi connectivity index (χ2v) is 13.4.